The number of hydrogen-bond donors (Lipinski definition) is 2. The highest BCUT2D eigenvalue weighted by molar-refractivity contribution is 8.18. The summed E-state index contributed by atoms with van der Waals surface area (Å²) in [6.07, 6.45) is 1.57. The summed E-state index contributed by atoms with van der Waals surface area (Å²) in [4.78, 5) is 50.0. The Bertz CT molecular complexity index is 1070. The molecule has 0 spiro atoms. The van der Waals surface area contributed by atoms with Crippen LogP contribution >= 0.6 is 35.0 Å². The first-order valence-electron chi connectivity index (χ1n) is 9.16. The van der Waals surface area contributed by atoms with Gasteiger partial charge in [0, 0.05) is 18.1 Å². The van der Waals surface area contributed by atoms with Crippen molar-refractivity contribution < 1.29 is 19.2 Å². The van der Waals surface area contributed by atoms with Crippen molar-refractivity contribution in [2.45, 2.75) is 0 Å². The minimum absolute atomic E-state index is 0.00866. The Hall–Kier alpha value is -2.81. The number of carbonyl (C=O) groups excluding carboxylic acids is 4. The van der Waals surface area contributed by atoms with E-state index in [0.29, 0.717) is 10.6 Å². The Morgan fingerprint density at radius 1 is 0.968 bits per heavy atom. The summed E-state index contributed by atoms with van der Waals surface area (Å²) in [6.45, 7) is -0.203. The van der Waals surface area contributed by atoms with Crippen LogP contribution in [0.1, 0.15) is 15.9 Å². The first kappa shape index (κ1) is 22.9. The van der Waals surface area contributed by atoms with Crippen LogP contribution in [0.2, 0.25) is 10.0 Å². The Morgan fingerprint density at radius 3 is 2.35 bits per heavy atom. The number of nitrogens with one attached hydrogen (secondary N) is 2. The minimum atomic E-state index is -0.476. The van der Waals surface area contributed by atoms with Crippen molar-refractivity contribution in [1.82, 2.24) is 15.5 Å². The molecule has 2 aromatic carbocycles. The molecule has 4 amide bonds. The van der Waals surface area contributed by atoms with E-state index in [-0.39, 0.29) is 35.1 Å². The largest absolute Gasteiger partial charge is 0.353 e. The quantitative estimate of drug-likeness (QED) is 0.594. The van der Waals surface area contributed by atoms with Gasteiger partial charge >= 0.3 is 0 Å². The van der Waals surface area contributed by atoms with Gasteiger partial charge < -0.3 is 10.6 Å². The number of hydrogen-bond acceptors (Lipinski definition) is 5. The van der Waals surface area contributed by atoms with Gasteiger partial charge in [-0.05, 0) is 41.6 Å². The smallest absolute Gasteiger partial charge is 0.293 e. The van der Waals surface area contributed by atoms with Crippen molar-refractivity contribution in [1.29, 1.82) is 0 Å². The van der Waals surface area contributed by atoms with Crippen LogP contribution in [0, 0.1) is 0 Å². The van der Waals surface area contributed by atoms with E-state index >= 15 is 0 Å². The SMILES string of the molecule is O=C(CNC(=O)c1ccccc1Cl)NCCN1C(=O)S/C(=C\c2ccccc2Cl)C1=O. The Kier molecular flexibility index (Phi) is 7.73. The van der Waals surface area contributed by atoms with Crippen molar-refractivity contribution >= 4 is 64.0 Å². The monoisotopic (exact) mass is 477 g/mol. The molecule has 0 aliphatic carbocycles. The molecular weight excluding hydrogens is 461 g/mol. The molecule has 10 heteroatoms. The zero-order chi connectivity index (χ0) is 22.4. The lowest BCUT2D eigenvalue weighted by Gasteiger charge is -2.13. The van der Waals surface area contributed by atoms with Gasteiger partial charge in [0.1, 0.15) is 0 Å². The fraction of sp³-hybridized carbons (Fsp3) is 0.143. The van der Waals surface area contributed by atoms with Crippen molar-refractivity contribution in [3.8, 4) is 0 Å². The van der Waals surface area contributed by atoms with Crippen molar-refractivity contribution in [3.63, 3.8) is 0 Å². The number of amides is 4. The Labute approximate surface area is 192 Å². The second-order valence-electron chi connectivity index (χ2n) is 6.37. The topological polar surface area (TPSA) is 95.6 Å². The van der Waals surface area contributed by atoms with Crippen LogP contribution in [-0.4, -0.2) is 47.5 Å². The summed E-state index contributed by atoms with van der Waals surface area (Å²) >= 11 is 12.9. The number of benzene rings is 2. The van der Waals surface area contributed by atoms with Gasteiger partial charge in [-0.3, -0.25) is 24.1 Å². The lowest BCUT2D eigenvalue weighted by atomic mass is 10.2. The van der Waals surface area contributed by atoms with Gasteiger partial charge in [0.15, 0.2) is 0 Å². The van der Waals surface area contributed by atoms with E-state index in [1.54, 1.807) is 54.6 Å². The van der Waals surface area contributed by atoms with Crippen LogP contribution in [0.15, 0.2) is 53.4 Å². The standard InChI is InChI=1S/C21H17Cl2N3O4S/c22-15-7-3-1-5-13(15)11-17-20(29)26(21(30)31-17)10-9-24-18(27)12-25-19(28)14-6-2-4-8-16(14)23/h1-8,11H,9-10,12H2,(H,24,27)(H,25,28)/b17-11-. The molecule has 31 heavy (non-hydrogen) atoms. The molecule has 1 heterocycles. The zero-order valence-electron chi connectivity index (χ0n) is 16.1. The summed E-state index contributed by atoms with van der Waals surface area (Å²) in [7, 11) is 0. The van der Waals surface area contributed by atoms with E-state index in [1.165, 1.54) is 0 Å². The van der Waals surface area contributed by atoms with Crippen LogP contribution in [0.4, 0.5) is 4.79 Å². The van der Waals surface area contributed by atoms with Crippen LogP contribution in [0.3, 0.4) is 0 Å². The molecule has 0 saturated carbocycles. The van der Waals surface area contributed by atoms with Gasteiger partial charge in [-0.2, -0.15) is 0 Å². The van der Waals surface area contributed by atoms with Gasteiger partial charge in [-0.25, -0.2) is 0 Å². The average molecular weight is 478 g/mol. The number of halogens is 2. The molecule has 0 radical (unpaired) electrons. The molecule has 0 aromatic heterocycles. The molecule has 0 atom stereocenters. The van der Waals surface area contributed by atoms with Crippen LogP contribution in [0.5, 0.6) is 0 Å². The van der Waals surface area contributed by atoms with Crippen LogP contribution in [-0.2, 0) is 9.59 Å². The third-order valence-electron chi connectivity index (χ3n) is 4.25. The Morgan fingerprint density at radius 2 is 1.65 bits per heavy atom. The molecule has 1 aliphatic heterocycles. The summed E-state index contributed by atoms with van der Waals surface area (Å²) in [5.41, 5.74) is 0.900. The second-order valence-corrected chi connectivity index (χ2v) is 8.17. The average Bonchev–Trinajstić information content (AvgIpc) is 3.01. The number of rotatable bonds is 7. The fourth-order valence-electron chi connectivity index (χ4n) is 2.70. The summed E-state index contributed by atoms with van der Waals surface area (Å²) < 4.78 is 0. The molecule has 1 saturated heterocycles. The first-order chi connectivity index (χ1) is 14.9. The van der Waals surface area contributed by atoms with Crippen molar-refractivity contribution in [3.05, 3.63) is 74.6 Å². The van der Waals surface area contributed by atoms with Gasteiger partial charge in [-0.1, -0.05) is 53.5 Å². The molecule has 160 valence electrons. The summed E-state index contributed by atoms with van der Waals surface area (Å²) in [5, 5.41) is 5.36. The first-order valence-corrected chi connectivity index (χ1v) is 10.7. The number of thioether (sulfide) groups is 1. The van der Waals surface area contributed by atoms with E-state index in [2.05, 4.69) is 10.6 Å². The van der Waals surface area contributed by atoms with E-state index < -0.39 is 23.0 Å². The maximum Gasteiger partial charge on any atom is 0.293 e. The minimum Gasteiger partial charge on any atom is -0.353 e. The number of carbonyl (C=O) groups is 4. The molecular formula is C21H17Cl2N3O4S. The highest BCUT2D eigenvalue weighted by Crippen LogP contribution is 2.33. The normalized spacial score (nSPS) is 14.8. The maximum atomic E-state index is 12.5. The third-order valence-corrected chi connectivity index (χ3v) is 5.83. The third kappa shape index (κ3) is 5.88. The fourth-order valence-corrected chi connectivity index (χ4v) is 3.96. The molecule has 7 nitrogen and oxygen atoms in total. The predicted molar refractivity (Wildman–Crippen MR) is 121 cm³/mol. The van der Waals surface area contributed by atoms with Gasteiger partial charge in [-0.15, -0.1) is 0 Å². The highest BCUT2D eigenvalue weighted by Gasteiger charge is 2.34. The number of imide groups is 1. The molecule has 1 aliphatic rings. The lowest BCUT2D eigenvalue weighted by Crippen LogP contribution is -2.41. The van der Waals surface area contributed by atoms with Gasteiger partial charge in [0.25, 0.3) is 17.1 Å². The van der Waals surface area contributed by atoms with Crippen molar-refractivity contribution in [2.75, 3.05) is 19.6 Å². The van der Waals surface area contributed by atoms with Crippen molar-refractivity contribution in [2.24, 2.45) is 0 Å². The molecule has 3 rings (SSSR count). The molecule has 2 aromatic rings. The number of nitrogens with zero attached hydrogens (tertiary/aromatic N) is 1. The second kappa shape index (κ2) is 10.5. The molecule has 1 fully saturated rings. The lowest BCUT2D eigenvalue weighted by molar-refractivity contribution is -0.124. The molecule has 0 bridgehead atoms. The molecule has 2 N–H and O–H groups in total. The van der Waals surface area contributed by atoms with Crippen LogP contribution < -0.4 is 10.6 Å². The predicted octanol–water partition coefficient (Wildman–Crippen LogP) is 3.58. The summed E-state index contributed by atoms with van der Waals surface area (Å²) in [5.74, 6) is -1.38. The van der Waals surface area contributed by atoms with Gasteiger partial charge in [0.2, 0.25) is 5.91 Å². The maximum absolute atomic E-state index is 12.5. The zero-order valence-corrected chi connectivity index (χ0v) is 18.4. The Balaban J connectivity index is 1.48. The van der Waals surface area contributed by atoms with E-state index in [1.807, 2.05) is 0 Å². The summed E-state index contributed by atoms with van der Waals surface area (Å²) in [6, 6.07) is 13.5. The van der Waals surface area contributed by atoms with Gasteiger partial charge in [0.05, 0.1) is 22.0 Å². The van der Waals surface area contributed by atoms with E-state index in [4.69, 9.17) is 23.2 Å². The van der Waals surface area contributed by atoms with Crippen LogP contribution in [0.25, 0.3) is 6.08 Å². The van der Waals surface area contributed by atoms with E-state index in [9.17, 15) is 19.2 Å². The highest BCUT2D eigenvalue weighted by atomic mass is 35.5. The van der Waals surface area contributed by atoms with E-state index in [0.717, 1.165) is 16.7 Å². The molecule has 0 unspecified atom stereocenters.